The van der Waals surface area contributed by atoms with E-state index in [4.69, 9.17) is 13.8 Å². The third-order valence-corrected chi connectivity index (χ3v) is 14.7. The average Bonchev–Trinajstić information content (AvgIpc) is 3.40. The number of amides is 1. The summed E-state index contributed by atoms with van der Waals surface area (Å²) in [5.41, 5.74) is 0. The van der Waals surface area contributed by atoms with Crippen LogP contribution in [0.25, 0.3) is 0 Å². The Kier molecular flexibility index (Phi) is 54.9. The number of esters is 1. The number of unbranched alkanes of at least 4 members (excludes halogenated alkanes) is 27. The summed E-state index contributed by atoms with van der Waals surface area (Å²) < 4.78 is 30.3. The zero-order valence-electron chi connectivity index (χ0n) is 51.3. The summed E-state index contributed by atoms with van der Waals surface area (Å²) in [4.78, 5) is 40.0. The molecule has 0 aliphatic rings. The highest BCUT2D eigenvalue weighted by atomic mass is 31.2. The minimum Gasteiger partial charge on any atom is -0.756 e. The van der Waals surface area contributed by atoms with Crippen molar-refractivity contribution in [2.75, 3.05) is 40.9 Å². The largest absolute Gasteiger partial charge is 0.756 e. The molecule has 0 aromatic heterocycles. The van der Waals surface area contributed by atoms with E-state index in [0.717, 1.165) is 122 Å². The number of likely N-dealkylation sites (N-methyl/N-ethyl adjacent to an activating group) is 1. The fourth-order valence-corrected chi connectivity index (χ4v) is 9.54. The summed E-state index contributed by atoms with van der Waals surface area (Å²) in [5, 5.41) is 3.02. The van der Waals surface area contributed by atoms with Crippen molar-refractivity contribution < 1.29 is 37.3 Å². The van der Waals surface area contributed by atoms with Crippen LogP contribution in [0.3, 0.4) is 0 Å². The van der Waals surface area contributed by atoms with Crippen LogP contribution in [0.1, 0.15) is 271 Å². The van der Waals surface area contributed by atoms with E-state index in [1.807, 2.05) is 33.3 Å². The first-order chi connectivity index (χ1) is 37.9. The number of hydrogen-bond donors (Lipinski definition) is 1. The molecule has 0 rings (SSSR count). The summed E-state index contributed by atoms with van der Waals surface area (Å²) in [6, 6.07) is -0.906. The smallest absolute Gasteiger partial charge is 0.306 e. The van der Waals surface area contributed by atoms with Crippen molar-refractivity contribution in [1.82, 2.24) is 5.32 Å². The Morgan fingerprint density at radius 2 is 0.821 bits per heavy atom. The summed E-state index contributed by atoms with van der Waals surface area (Å²) in [6.45, 7) is 6.69. The van der Waals surface area contributed by atoms with Gasteiger partial charge < -0.3 is 28.5 Å². The lowest BCUT2D eigenvalue weighted by Gasteiger charge is -2.30. The van der Waals surface area contributed by atoms with E-state index in [9.17, 15) is 19.0 Å². The lowest BCUT2D eigenvalue weighted by Crippen LogP contribution is -2.47. The monoisotopic (exact) mass is 1110 g/mol. The number of ether oxygens (including phenoxy) is 1. The highest BCUT2D eigenvalue weighted by Crippen LogP contribution is 2.38. The van der Waals surface area contributed by atoms with Crippen LogP contribution in [0.2, 0.25) is 0 Å². The lowest BCUT2D eigenvalue weighted by atomic mass is 10.0. The van der Waals surface area contributed by atoms with Crippen LogP contribution in [-0.2, 0) is 27.9 Å². The molecule has 0 saturated carbocycles. The van der Waals surface area contributed by atoms with Crippen molar-refractivity contribution in [2.45, 2.75) is 283 Å². The van der Waals surface area contributed by atoms with E-state index >= 15 is 0 Å². The van der Waals surface area contributed by atoms with Crippen LogP contribution in [-0.4, -0.2) is 69.4 Å². The van der Waals surface area contributed by atoms with Crippen molar-refractivity contribution >= 4 is 19.7 Å². The second-order valence-corrected chi connectivity index (χ2v) is 23.9. The molecule has 0 aromatic carbocycles. The molecule has 3 unspecified atom stereocenters. The fourth-order valence-electron chi connectivity index (χ4n) is 8.81. The Morgan fingerprint density at radius 3 is 1.26 bits per heavy atom. The molecule has 0 saturated heterocycles. The molecule has 10 heteroatoms. The van der Waals surface area contributed by atoms with Crippen LogP contribution in [0.5, 0.6) is 0 Å². The maximum Gasteiger partial charge on any atom is 0.306 e. The third-order valence-electron chi connectivity index (χ3n) is 13.7. The van der Waals surface area contributed by atoms with E-state index in [1.165, 1.54) is 109 Å². The van der Waals surface area contributed by atoms with Crippen LogP contribution >= 0.6 is 7.82 Å². The Bertz CT molecular complexity index is 1660. The van der Waals surface area contributed by atoms with Crippen molar-refractivity contribution in [3.63, 3.8) is 0 Å². The van der Waals surface area contributed by atoms with Gasteiger partial charge in [0.25, 0.3) is 7.82 Å². The van der Waals surface area contributed by atoms with Crippen molar-refractivity contribution in [3.05, 3.63) is 97.2 Å². The highest BCUT2D eigenvalue weighted by molar-refractivity contribution is 7.45. The van der Waals surface area contributed by atoms with Crippen LogP contribution < -0.4 is 10.2 Å². The SMILES string of the molecule is CC/C=C\C/C=C\C/C=C\C/C=C\C/C=C\CCCCCCCC(=O)NC(COP(=O)([O-])OCC[N+](C)(C)C)C(/C=C/CCCCCCCCCCCC)OC(=O)CCCCCCCCCCC/C=C\C/C=C\CCCCC. The molecule has 0 aliphatic heterocycles. The number of hydrogen-bond acceptors (Lipinski definition) is 7. The maximum absolute atomic E-state index is 13.5. The quantitative estimate of drug-likeness (QED) is 0.0212. The van der Waals surface area contributed by atoms with Gasteiger partial charge in [-0.15, -0.1) is 0 Å². The normalized spacial score (nSPS) is 14.3. The third kappa shape index (κ3) is 57.6. The average molecular weight is 1110 g/mol. The molecule has 0 heterocycles. The van der Waals surface area contributed by atoms with E-state index in [2.05, 4.69) is 111 Å². The molecule has 450 valence electrons. The molecule has 9 nitrogen and oxygen atoms in total. The standard InChI is InChI=1S/C68H121N2O7P/c1-7-10-13-16-19-22-25-28-30-32-34-35-37-38-40-42-45-48-51-54-57-60-67(71)69-65(64-76-78(73,74)75-63-62-70(4,5)6)66(59-56-53-50-47-44-27-24-21-18-15-12-9-3)77-68(72)61-58-55-52-49-46-43-41-39-36-33-31-29-26-23-20-17-14-11-8-2/h10,13,19-20,22-23,28-31,34-35,38,40,56,59,65-66H,7-9,11-12,14-18,21,24-27,32-33,36-37,39,41-55,57-58,60-64H2,1-6H3,(H-,69,71,73,74)/b13-10-,22-19-,23-20-,30-28-,31-29-,35-34-,40-38-,59-56+. The first kappa shape index (κ1) is 74.9. The van der Waals surface area contributed by atoms with E-state index in [1.54, 1.807) is 0 Å². The van der Waals surface area contributed by atoms with Gasteiger partial charge >= 0.3 is 5.97 Å². The number of allylic oxidation sites excluding steroid dienone is 15. The molecule has 1 N–H and O–H groups in total. The van der Waals surface area contributed by atoms with Gasteiger partial charge in [-0.3, -0.25) is 14.2 Å². The number of nitrogens with one attached hydrogen (secondary N) is 1. The fraction of sp³-hybridized carbons (Fsp3) is 0.735. The minimum absolute atomic E-state index is 0.0314. The molecular weight excluding hydrogens is 988 g/mol. The van der Waals surface area contributed by atoms with Gasteiger partial charge in [0.2, 0.25) is 5.91 Å². The van der Waals surface area contributed by atoms with Crippen LogP contribution in [0.4, 0.5) is 0 Å². The molecule has 0 spiro atoms. The minimum atomic E-state index is -4.71. The van der Waals surface area contributed by atoms with Gasteiger partial charge in [0.1, 0.15) is 19.3 Å². The van der Waals surface area contributed by atoms with Gasteiger partial charge in [0.05, 0.1) is 33.8 Å². The topological polar surface area (TPSA) is 114 Å². The number of nitrogens with zero attached hydrogens (tertiary/aromatic N) is 1. The molecule has 3 atom stereocenters. The van der Waals surface area contributed by atoms with Gasteiger partial charge in [-0.25, -0.2) is 0 Å². The number of quaternary nitrogens is 1. The van der Waals surface area contributed by atoms with E-state index in [-0.39, 0.29) is 31.3 Å². The molecule has 0 fully saturated rings. The van der Waals surface area contributed by atoms with Gasteiger partial charge in [-0.1, -0.05) is 247 Å². The Labute approximate surface area is 481 Å². The van der Waals surface area contributed by atoms with E-state index < -0.39 is 26.6 Å². The summed E-state index contributed by atoms with van der Waals surface area (Å²) >= 11 is 0. The Morgan fingerprint density at radius 1 is 0.462 bits per heavy atom. The summed E-state index contributed by atoms with van der Waals surface area (Å²) in [6.07, 6.45) is 76.5. The van der Waals surface area contributed by atoms with Gasteiger partial charge in [0, 0.05) is 12.8 Å². The number of carbonyl (C=O) groups is 2. The van der Waals surface area contributed by atoms with Crippen molar-refractivity contribution in [3.8, 4) is 0 Å². The highest BCUT2D eigenvalue weighted by Gasteiger charge is 2.27. The predicted octanol–water partition coefficient (Wildman–Crippen LogP) is 19.3. The summed E-state index contributed by atoms with van der Waals surface area (Å²) in [7, 11) is 1.16. The molecule has 1 amide bonds. The number of phosphoric acid groups is 1. The van der Waals surface area contributed by atoms with Crippen molar-refractivity contribution in [1.29, 1.82) is 0 Å². The number of rotatable bonds is 57. The van der Waals surface area contributed by atoms with Gasteiger partial charge in [-0.05, 0) is 109 Å². The summed E-state index contributed by atoms with van der Waals surface area (Å²) in [5.74, 6) is -0.569. The molecule has 0 radical (unpaired) electrons. The maximum atomic E-state index is 13.5. The second-order valence-electron chi connectivity index (χ2n) is 22.5. The molecule has 78 heavy (non-hydrogen) atoms. The van der Waals surface area contributed by atoms with Gasteiger partial charge in [-0.2, -0.15) is 0 Å². The zero-order chi connectivity index (χ0) is 57.2. The van der Waals surface area contributed by atoms with Crippen molar-refractivity contribution in [2.24, 2.45) is 0 Å². The Hall–Kier alpha value is -3.07. The zero-order valence-corrected chi connectivity index (χ0v) is 52.2. The first-order valence-electron chi connectivity index (χ1n) is 32.0. The Balaban J connectivity index is 5.27. The van der Waals surface area contributed by atoms with Crippen LogP contribution in [0.15, 0.2) is 97.2 Å². The first-order valence-corrected chi connectivity index (χ1v) is 33.5. The molecule has 0 aliphatic carbocycles. The molecule has 0 aromatic rings. The number of phosphoric ester groups is 1. The number of carbonyl (C=O) groups excluding carboxylic acids is 2. The second kappa shape index (κ2) is 57.2. The molecular formula is C68H121N2O7P. The van der Waals surface area contributed by atoms with E-state index in [0.29, 0.717) is 17.4 Å². The van der Waals surface area contributed by atoms with Crippen LogP contribution in [0, 0.1) is 0 Å². The molecule has 0 bridgehead atoms. The van der Waals surface area contributed by atoms with Gasteiger partial charge in [0.15, 0.2) is 0 Å². The predicted molar refractivity (Wildman–Crippen MR) is 334 cm³/mol. The lowest BCUT2D eigenvalue weighted by molar-refractivity contribution is -0.870.